The number of urea groups is 2. The lowest BCUT2D eigenvalue weighted by atomic mass is 10.0. The number of imide groups is 1. The van der Waals surface area contributed by atoms with Crippen LogP contribution in [0.4, 0.5) is 9.59 Å². The molecule has 5 nitrogen and oxygen atoms in total. The van der Waals surface area contributed by atoms with Gasteiger partial charge in [0.1, 0.15) is 0 Å². The summed E-state index contributed by atoms with van der Waals surface area (Å²) in [5.74, 6) is 0. The van der Waals surface area contributed by atoms with Crippen molar-refractivity contribution in [3.8, 4) is 0 Å². The van der Waals surface area contributed by atoms with Gasteiger partial charge in [0, 0.05) is 12.6 Å². The van der Waals surface area contributed by atoms with Crippen molar-refractivity contribution in [2.45, 2.75) is 25.4 Å². The van der Waals surface area contributed by atoms with E-state index in [1.807, 2.05) is 44.2 Å². The van der Waals surface area contributed by atoms with E-state index in [2.05, 4.69) is 5.43 Å². The minimum atomic E-state index is -0.327. The first-order chi connectivity index (χ1) is 8.43. The van der Waals surface area contributed by atoms with Crippen molar-refractivity contribution in [3.05, 3.63) is 35.9 Å². The Morgan fingerprint density at radius 1 is 1.22 bits per heavy atom. The van der Waals surface area contributed by atoms with Gasteiger partial charge in [-0.3, -0.25) is 0 Å². The number of nitrogens with zero attached hydrogens (tertiary/aromatic N) is 2. The highest BCUT2D eigenvalue weighted by Gasteiger charge is 2.84. The van der Waals surface area contributed by atoms with Gasteiger partial charge in [-0.25, -0.2) is 14.5 Å². The van der Waals surface area contributed by atoms with Crippen molar-refractivity contribution in [1.29, 1.82) is 0 Å². The Labute approximate surface area is 106 Å². The van der Waals surface area contributed by atoms with Crippen molar-refractivity contribution in [2.75, 3.05) is 7.05 Å². The van der Waals surface area contributed by atoms with Gasteiger partial charge in [0.2, 0.25) is 6.04 Å². The second-order valence-electron chi connectivity index (χ2n) is 5.45. The van der Waals surface area contributed by atoms with E-state index in [1.165, 1.54) is 7.05 Å². The Morgan fingerprint density at radius 2 is 1.83 bits per heavy atom. The number of carbonyl (C=O) groups is 2. The molecule has 2 atom stereocenters. The number of nitrogens with one attached hydrogen (secondary N) is 1. The highest BCUT2D eigenvalue weighted by Crippen LogP contribution is 2.61. The molecule has 1 spiro atoms. The van der Waals surface area contributed by atoms with Crippen LogP contribution in [0.2, 0.25) is 0 Å². The Bertz CT molecular complexity index is 540. The van der Waals surface area contributed by atoms with E-state index in [0.29, 0.717) is 0 Å². The van der Waals surface area contributed by atoms with Gasteiger partial charge in [-0.05, 0) is 13.8 Å². The van der Waals surface area contributed by atoms with Crippen LogP contribution in [-0.4, -0.2) is 34.1 Å². The summed E-state index contributed by atoms with van der Waals surface area (Å²) in [7, 11) is 1.52. The number of hydrogen-bond acceptors (Lipinski definition) is 2. The summed E-state index contributed by atoms with van der Waals surface area (Å²) >= 11 is 0. The topological polar surface area (TPSA) is 49.4 Å². The van der Waals surface area contributed by atoms with E-state index in [1.54, 1.807) is 0 Å². The third-order valence-electron chi connectivity index (χ3n) is 4.18. The van der Waals surface area contributed by atoms with Crippen molar-refractivity contribution in [2.24, 2.45) is 0 Å². The second-order valence-corrected chi connectivity index (χ2v) is 5.45. The third-order valence-corrected chi connectivity index (χ3v) is 4.18. The summed E-state index contributed by atoms with van der Waals surface area (Å²) < 4.78 is 0.00630. The largest absolute Gasteiger partial charge is 0.453 e. The van der Waals surface area contributed by atoms with E-state index in [9.17, 15) is 9.59 Å². The van der Waals surface area contributed by atoms with Crippen LogP contribution >= 0.6 is 0 Å². The fraction of sp³-hybridized carbons (Fsp3) is 0.385. The SMILES string of the molecule is CN1C(=O)N[N+]2(C1=O)C(c1ccccc1)C2(C)C. The summed E-state index contributed by atoms with van der Waals surface area (Å²) in [6.07, 6.45) is 0. The number of hydrogen-bond donors (Lipinski definition) is 1. The second kappa shape index (κ2) is 3.11. The van der Waals surface area contributed by atoms with E-state index in [-0.39, 0.29) is 28.2 Å². The van der Waals surface area contributed by atoms with Crippen LogP contribution in [0.5, 0.6) is 0 Å². The molecule has 1 aromatic rings. The zero-order chi connectivity index (χ0) is 13.1. The highest BCUT2D eigenvalue weighted by atomic mass is 16.2. The fourth-order valence-corrected chi connectivity index (χ4v) is 3.11. The molecule has 1 aromatic carbocycles. The van der Waals surface area contributed by atoms with Gasteiger partial charge in [0.15, 0.2) is 5.54 Å². The molecule has 0 aromatic heterocycles. The maximum atomic E-state index is 12.3. The van der Waals surface area contributed by atoms with Crippen LogP contribution in [0.15, 0.2) is 30.3 Å². The average Bonchev–Trinajstić information content (AvgIpc) is 2.75. The number of amides is 4. The molecule has 5 heteroatoms. The maximum Gasteiger partial charge on any atom is 0.453 e. The van der Waals surface area contributed by atoms with E-state index in [0.717, 1.165) is 10.5 Å². The van der Waals surface area contributed by atoms with Crippen molar-refractivity contribution >= 4 is 12.1 Å². The summed E-state index contributed by atoms with van der Waals surface area (Å²) in [5, 5.41) is 0. The molecule has 0 aliphatic carbocycles. The molecule has 2 heterocycles. The maximum absolute atomic E-state index is 12.3. The monoisotopic (exact) mass is 246 g/mol. The highest BCUT2D eigenvalue weighted by molar-refractivity contribution is 5.95. The molecule has 3 rings (SSSR count). The molecule has 1 N–H and O–H groups in total. The van der Waals surface area contributed by atoms with Gasteiger partial charge < -0.3 is 0 Å². The van der Waals surface area contributed by atoms with Crippen LogP contribution < -0.4 is 5.43 Å². The first-order valence-electron chi connectivity index (χ1n) is 5.97. The first-order valence-corrected chi connectivity index (χ1v) is 5.97. The number of carbonyl (C=O) groups excluding carboxylic acids is 2. The molecule has 4 amide bonds. The molecule has 2 aliphatic heterocycles. The molecular formula is C13H16N3O2+. The summed E-state index contributed by atoms with van der Waals surface area (Å²) in [6, 6.07) is 9.32. The Balaban J connectivity index is 2.06. The molecular weight excluding hydrogens is 230 g/mol. The molecule has 2 unspecified atom stereocenters. The van der Waals surface area contributed by atoms with Gasteiger partial charge in [-0.2, -0.15) is 5.43 Å². The normalized spacial score (nSPS) is 32.8. The van der Waals surface area contributed by atoms with Gasteiger partial charge >= 0.3 is 12.1 Å². The molecule has 94 valence electrons. The number of rotatable bonds is 1. The summed E-state index contributed by atoms with van der Waals surface area (Å²) in [6.45, 7) is 4.00. The predicted molar refractivity (Wildman–Crippen MR) is 65.2 cm³/mol. The molecule has 0 saturated carbocycles. The van der Waals surface area contributed by atoms with E-state index in [4.69, 9.17) is 0 Å². The smallest absolute Gasteiger partial charge is 0.243 e. The lowest BCUT2D eigenvalue weighted by Gasteiger charge is -2.10. The van der Waals surface area contributed by atoms with E-state index >= 15 is 0 Å². The Hall–Kier alpha value is -1.88. The zero-order valence-electron chi connectivity index (χ0n) is 10.7. The molecule has 18 heavy (non-hydrogen) atoms. The van der Waals surface area contributed by atoms with Crippen molar-refractivity contribution in [3.63, 3.8) is 0 Å². The van der Waals surface area contributed by atoms with Crippen molar-refractivity contribution < 1.29 is 14.2 Å². The fourth-order valence-electron chi connectivity index (χ4n) is 3.11. The van der Waals surface area contributed by atoms with Gasteiger partial charge in [0.25, 0.3) is 0 Å². The lowest BCUT2D eigenvalue weighted by molar-refractivity contribution is -0.790. The molecule has 2 saturated heterocycles. The van der Waals surface area contributed by atoms with Gasteiger partial charge in [0.05, 0.1) is 0 Å². The molecule has 0 radical (unpaired) electrons. The minimum Gasteiger partial charge on any atom is -0.243 e. The van der Waals surface area contributed by atoms with E-state index < -0.39 is 0 Å². The van der Waals surface area contributed by atoms with Crippen LogP contribution in [0, 0.1) is 0 Å². The van der Waals surface area contributed by atoms with Crippen LogP contribution in [0.25, 0.3) is 0 Å². The zero-order valence-corrected chi connectivity index (χ0v) is 10.7. The number of quaternary nitrogens is 1. The Kier molecular flexibility index (Phi) is 1.94. The lowest BCUT2D eigenvalue weighted by Crippen LogP contribution is -2.44. The first kappa shape index (κ1) is 11.2. The van der Waals surface area contributed by atoms with Crippen LogP contribution in [-0.2, 0) is 0 Å². The summed E-state index contributed by atoms with van der Waals surface area (Å²) in [5.41, 5.74) is 3.59. The molecule has 2 fully saturated rings. The number of benzene rings is 1. The average molecular weight is 246 g/mol. The van der Waals surface area contributed by atoms with Crippen LogP contribution in [0.3, 0.4) is 0 Å². The predicted octanol–water partition coefficient (Wildman–Crippen LogP) is 2.03. The standard InChI is InChI=1S/C13H15N3O2/c1-13(2)10(9-7-5-4-6-8-9)16(13)12(18)15(3)11(17)14-16/h4-8,10H,1-3H3/p+1. The van der Waals surface area contributed by atoms with Crippen LogP contribution in [0.1, 0.15) is 25.5 Å². The summed E-state index contributed by atoms with van der Waals surface area (Å²) in [4.78, 5) is 25.2. The van der Waals surface area contributed by atoms with Gasteiger partial charge in [-0.1, -0.05) is 30.3 Å². The minimum absolute atomic E-state index is 0.00630. The third kappa shape index (κ3) is 1.05. The Morgan fingerprint density at radius 3 is 2.33 bits per heavy atom. The molecule has 0 bridgehead atoms. The molecule has 2 aliphatic rings. The quantitative estimate of drug-likeness (QED) is 0.609. The van der Waals surface area contributed by atoms with Gasteiger partial charge in [-0.15, -0.1) is 4.59 Å². The van der Waals surface area contributed by atoms with Crippen molar-refractivity contribution in [1.82, 2.24) is 10.3 Å².